The Hall–Kier alpha value is -3.47. The molecule has 3 heterocycles. The summed E-state index contributed by atoms with van der Waals surface area (Å²) >= 11 is 1.43. The Kier molecular flexibility index (Phi) is 6.12. The van der Waals surface area contributed by atoms with Crippen LogP contribution in [0.15, 0.2) is 44.4 Å². The number of hydrogen-bond acceptors (Lipinski definition) is 9. The molecule has 0 atom stereocenters. The molecule has 160 valence electrons. The lowest BCUT2D eigenvalue weighted by Gasteiger charge is -2.05. The first kappa shape index (κ1) is 20.8. The van der Waals surface area contributed by atoms with Gasteiger partial charge in [0, 0.05) is 24.9 Å². The first-order valence-electron chi connectivity index (χ1n) is 9.74. The van der Waals surface area contributed by atoms with Crippen LogP contribution < -0.4 is 5.73 Å². The van der Waals surface area contributed by atoms with Gasteiger partial charge in [-0.25, -0.2) is 0 Å². The third-order valence-electron chi connectivity index (χ3n) is 4.62. The van der Waals surface area contributed by atoms with E-state index in [-0.39, 0.29) is 12.3 Å². The minimum absolute atomic E-state index is 0.234. The number of hydrogen-bond donors (Lipinski definition) is 1. The fourth-order valence-electron chi connectivity index (χ4n) is 3.12. The number of carbonyl (C=O) groups is 1. The molecule has 0 spiro atoms. The van der Waals surface area contributed by atoms with Crippen LogP contribution in [-0.2, 0) is 23.5 Å². The Morgan fingerprint density at radius 2 is 1.97 bits per heavy atom. The van der Waals surface area contributed by atoms with Gasteiger partial charge in [0.1, 0.15) is 22.8 Å². The number of carbonyl (C=O) groups excluding carboxylic acids is 1. The number of rotatable bonds is 9. The lowest BCUT2D eigenvalue weighted by Crippen LogP contribution is -2.13. The van der Waals surface area contributed by atoms with Gasteiger partial charge in [0.2, 0.25) is 11.8 Å². The van der Waals surface area contributed by atoms with Gasteiger partial charge in [-0.05, 0) is 13.8 Å². The number of nitrogens with zero attached hydrogens (tertiary/aromatic N) is 6. The number of thioether (sulfide) groups is 1. The molecule has 0 saturated carbocycles. The predicted octanol–water partition coefficient (Wildman–Crippen LogP) is 3.02. The molecule has 2 N–H and O–H groups in total. The first-order chi connectivity index (χ1) is 15.1. The smallest absolute Gasteiger partial charge is 0.253 e. The van der Waals surface area contributed by atoms with Crippen LogP contribution in [0.1, 0.15) is 30.8 Å². The minimum Gasteiger partial charge on any atom is -0.420 e. The maximum Gasteiger partial charge on any atom is 0.253 e. The second-order valence-corrected chi connectivity index (χ2v) is 7.67. The largest absolute Gasteiger partial charge is 0.420 e. The molecule has 0 radical (unpaired) electrons. The van der Waals surface area contributed by atoms with Gasteiger partial charge in [-0.2, -0.15) is 0 Å². The van der Waals surface area contributed by atoms with Gasteiger partial charge in [-0.15, -0.1) is 20.4 Å². The first-order valence-corrected chi connectivity index (χ1v) is 10.7. The van der Waals surface area contributed by atoms with Crippen molar-refractivity contribution in [2.75, 3.05) is 0 Å². The fourth-order valence-corrected chi connectivity index (χ4v) is 3.98. The summed E-state index contributed by atoms with van der Waals surface area (Å²) in [6.45, 7) is 4.48. The molecular formula is C20H21N7O3S. The van der Waals surface area contributed by atoms with E-state index in [1.54, 1.807) is 0 Å². The second-order valence-electron chi connectivity index (χ2n) is 6.73. The van der Waals surface area contributed by atoms with E-state index in [0.717, 1.165) is 11.4 Å². The predicted molar refractivity (Wildman–Crippen MR) is 113 cm³/mol. The number of benzene rings is 1. The van der Waals surface area contributed by atoms with E-state index in [1.807, 2.05) is 48.7 Å². The monoisotopic (exact) mass is 439 g/mol. The summed E-state index contributed by atoms with van der Waals surface area (Å²) in [7, 11) is 0. The molecule has 0 saturated heterocycles. The van der Waals surface area contributed by atoms with Gasteiger partial charge in [0.25, 0.3) is 5.89 Å². The summed E-state index contributed by atoms with van der Waals surface area (Å²) in [5.41, 5.74) is 7.48. The molecule has 31 heavy (non-hydrogen) atoms. The number of primary amides is 1. The van der Waals surface area contributed by atoms with Gasteiger partial charge in [-0.3, -0.25) is 4.79 Å². The highest BCUT2D eigenvalue weighted by atomic mass is 32.2. The average Bonchev–Trinajstić information content (AvgIpc) is 3.49. The van der Waals surface area contributed by atoms with Crippen LogP contribution >= 0.6 is 11.8 Å². The van der Waals surface area contributed by atoms with Crippen molar-refractivity contribution in [2.45, 2.75) is 44.1 Å². The SMILES string of the molecule is CCn1c(CCC(N)=O)nnc1SCc1nnc(-c2c(-c3ccccc3)noc2C)o1. The number of amides is 1. The zero-order valence-corrected chi connectivity index (χ0v) is 17.9. The molecule has 0 fully saturated rings. The summed E-state index contributed by atoms with van der Waals surface area (Å²) < 4.78 is 13.2. The maximum atomic E-state index is 11.0. The third kappa shape index (κ3) is 4.50. The lowest BCUT2D eigenvalue weighted by atomic mass is 10.1. The minimum atomic E-state index is -0.364. The second kappa shape index (κ2) is 9.13. The van der Waals surface area contributed by atoms with Crippen LogP contribution in [-0.4, -0.2) is 36.0 Å². The van der Waals surface area contributed by atoms with E-state index < -0.39 is 0 Å². The molecule has 11 heteroatoms. The highest BCUT2D eigenvalue weighted by Crippen LogP contribution is 2.34. The van der Waals surface area contributed by atoms with Crippen molar-refractivity contribution in [3.63, 3.8) is 0 Å². The molecule has 3 aromatic heterocycles. The van der Waals surface area contributed by atoms with Crippen molar-refractivity contribution in [1.82, 2.24) is 30.1 Å². The van der Waals surface area contributed by atoms with E-state index in [9.17, 15) is 4.79 Å². The van der Waals surface area contributed by atoms with Gasteiger partial charge >= 0.3 is 0 Å². The van der Waals surface area contributed by atoms with Gasteiger partial charge < -0.3 is 19.2 Å². The molecule has 0 unspecified atom stereocenters. The fraction of sp³-hybridized carbons (Fsp3) is 0.300. The van der Waals surface area contributed by atoms with Crippen LogP contribution in [0.2, 0.25) is 0 Å². The van der Waals surface area contributed by atoms with E-state index in [1.165, 1.54) is 11.8 Å². The van der Waals surface area contributed by atoms with Gasteiger partial charge in [-0.1, -0.05) is 47.3 Å². The summed E-state index contributed by atoms with van der Waals surface area (Å²) in [6.07, 6.45) is 0.689. The molecule has 4 aromatic rings. The maximum absolute atomic E-state index is 11.0. The highest BCUT2D eigenvalue weighted by Gasteiger charge is 2.22. The average molecular weight is 440 g/mol. The van der Waals surface area contributed by atoms with Crippen molar-refractivity contribution >= 4 is 17.7 Å². The molecule has 1 aromatic carbocycles. The van der Waals surface area contributed by atoms with E-state index in [0.29, 0.717) is 52.7 Å². The van der Waals surface area contributed by atoms with Crippen molar-refractivity contribution in [3.8, 4) is 22.7 Å². The molecule has 10 nitrogen and oxygen atoms in total. The third-order valence-corrected chi connectivity index (χ3v) is 5.57. The van der Waals surface area contributed by atoms with Crippen molar-refractivity contribution in [2.24, 2.45) is 5.73 Å². The molecule has 0 aliphatic carbocycles. The molecular weight excluding hydrogens is 418 g/mol. The van der Waals surface area contributed by atoms with Crippen LogP contribution in [0.25, 0.3) is 22.7 Å². The topological polar surface area (TPSA) is 139 Å². The summed E-state index contributed by atoms with van der Waals surface area (Å²) in [5.74, 6) is 2.19. The zero-order valence-electron chi connectivity index (χ0n) is 17.1. The molecule has 4 rings (SSSR count). The summed E-state index contributed by atoms with van der Waals surface area (Å²) in [5, 5.41) is 21.6. The molecule has 0 aliphatic rings. The summed E-state index contributed by atoms with van der Waals surface area (Å²) in [4.78, 5) is 11.0. The zero-order chi connectivity index (χ0) is 21.8. The number of aryl methyl sites for hydroxylation is 2. The Bertz CT molecular complexity index is 1180. The van der Waals surface area contributed by atoms with Crippen molar-refractivity contribution in [1.29, 1.82) is 0 Å². The number of nitrogens with two attached hydrogens (primary N) is 1. The summed E-state index contributed by atoms with van der Waals surface area (Å²) in [6, 6.07) is 9.69. The Morgan fingerprint density at radius 1 is 1.16 bits per heavy atom. The van der Waals surface area contributed by atoms with Crippen molar-refractivity contribution < 1.29 is 13.7 Å². The van der Waals surface area contributed by atoms with Crippen LogP contribution in [0.3, 0.4) is 0 Å². The van der Waals surface area contributed by atoms with Crippen LogP contribution in [0.5, 0.6) is 0 Å². The highest BCUT2D eigenvalue weighted by molar-refractivity contribution is 7.98. The molecule has 0 bridgehead atoms. The Balaban J connectivity index is 1.50. The number of aromatic nitrogens is 6. The van der Waals surface area contributed by atoms with E-state index in [2.05, 4.69) is 25.6 Å². The van der Waals surface area contributed by atoms with Crippen molar-refractivity contribution in [3.05, 3.63) is 47.8 Å². The van der Waals surface area contributed by atoms with E-state index >= 15 is 0 Å². The van der Waals surface area contributed by atoms with Crippen LogP contribution in [0, 0.1) is 6.92 Å². The molecule has 1 amide bonds. The Labute approximate surface area is 182 Å². The van der Waals surface area contributed by atoms with Gasteiger partial charge in [0.15, 0.2) is 5.16 Å². The van der Waals surface area contributed by atoms with Crippen LogP contribution in [0.4, 0.5) is 0 Å². The van der Waals surface area contributed by atoms with Gasteiger partial charge in [0.05, 0.1) is 5.75 Å². The molecule has 0 aliphatic heterocycles. The van der Waals surface area contributed by atoms with E-state index in [4.69, 9.17) is 14.7 Å². The Morgan fingerprint density at radius 3 is 2.71 bits per heavy atom. The standard InChI is InChI=1S/C20H21N7O3S/c1-3-27-15(10-9-14(21)28)22-25-20(27)31-11-16-23-24-19(29-16)17-12(2)30-26-18(17)13-7-5-4-6-8-13/h4-8H,3,9-11H2,1-2H3,(H2,21,28). The quantitative estimate of drug-likeness (QED) is 0.390. The lowest BCUT2D eigenvalue weighted by molar-refractivity contribution is -0.118. The normalized spacial score (nSPS) is 11.2.